The normalized spacial score (nSPS) is 18.6. The number of rotatable bonds is 4. The average molecular weight is 324 g/mol. The summed E-state index contributed by atoms with van der Waals surface area (Å²) in [7, 11) is 0. The first kappa shape index (κ1) is 14.7. The molecule has 3 nitrogen and oxygen atoms in total. The first-order valence-corrected chi connectivity index (χ1v) is 9.01. The van der Waals surface area contributed by atoms with E-state index in [1.54, 1.807) is 17.6 Å². The van der Waals surface area contributed by atoms with Crippen LogP contribution in [0.4, 0.5) is 0 Å². The summed E-state index contributed by atoms with van der Waals surface area (Å²) in [5.74, 6) is 0.714. The predicted octanol–water partition coefficient (Wildman–Crippen LogP) is 5.05. The van der Waals surface area contributed by atoms with E-state index < -0.39 is 0 Å². The fourth-order valence-electron chi connectivity index (χ4n) is 3.27. The van der Waals surface area contributed by atoms with Gasteiger partial charge in [-0.15, -0.1) is 0 Å². The summed E-state index contributed by atoms with van der Waals surface area (Å²) in [6.07, 6.45) is 4.29. The third-order valence-electron chi connectivity index (χ3n) is 4.51. The zero-order valence-corrected chi connectivity index (χ0v) is 14.1. The zero-order valence-electron chi connectivity index (χ0n) is 13.2. The van der Waals surface area contributed by atoms with Crippen LogP contribution in [0.25, 0.3) is 11.5 Å². The second kappa shape index (κ2) is 6.30. The number of hydrogen-bond donors (Lipinski definition) is 0. The minimum Gasteiger partial charge on any atom is -0.444 e. The van der Waals surface area contributed by atoms with Crippen LogP contribution >= 0.6 is 11.3 Å². The number of aromatic nitrogens is 1. The molecule has 0 N–H and O–H groups in total. The monoisotopic (exact) mass is 324 g/mol. The lowest BCUT2D eigenvalue weighted by Gasteiger charge is -2.22. The molecule has 0 aliphatic carbocycles. The highest BCUT2D eigenvalue weighted by Crippen LogP contribution is 2.34. The molecule has 3 heterocycles. The topological polar surface area (TPSA) is 29.3 Å². The maximum atomic E-state index is 5.69. The zero-order chi connectivity index (χ0) is 15.6. The molecule has 1 atom stereocenters. The van der Waals surface area contributed by atoms with Gasteiger partial charge >= 0.3 is 0 Å². The summed E-state index contributed by atoms with van der Waals surface area (Å²) in [6, 6.07) is 11.1. The third-order valence-corrected chi connectivity index (χ3v) is 5.21. The van der Waals surface area contributed by atoms with E-state index in [0.717, 1.165) is 24.3 Å². The number of oxazole rings is 1. The van der Waals surface area contributed by atoms with E-state index in [1.807, 2.05) is 0 Å². The smallest absolute Gasteiger partial charge is 0.226 e. The third kappa shape index (κ3) is 3.09. The van der Waals surface area contributed by atoms with Crippen molar-refractivity contribution in [3.8, 4) is 11.5 Å². The molecule has 1 saturated heterocycles. The van der Waals surface area contributed by atoms with Gasteiger partial charge in [0.15, 0.2) is 0 Å². The molecule has 4 heteroatoms. The number of nitrogens with zero attached hydrogens (tertiary/aromatic N) is 2. The van der Waals surface area contributed by atoms with Crippen molar-refractivity contribution in [3.63, 3.8) is 0 Å². The Kier molecular flexibility index (Phi) is 4.02. The Morgan fingerprint density at radius 3 is 2.91 bits per heavy atom. The van der Waals surface area contributed by atoms with Gasteiger partial charge in [-0.2, -0.15) is 11.3 Å². The molecule has 1 aliphatic rings. The van der Waals surface area contributed by atoms with Gasteiger partial charge in [-0.05, 0) is 60.8 Å². The molecular weight excluding hydrogens is 304 g/mol. The highest BCUT2D eigenvalue weighted by molar-refractivity contribution is 7.07. The molecule has 0 saturated carbocycles. The molecule has 1 aromatic carbocycles. The Hall–Kier alpha value is -1.91. The van der Waals surface area contributed by atoms with Crippen molar-refractivity contribution < 1.29 is 4.42 Å². The summed E-state index contributed by atoms with van der Waals surface area (Å²) < 4.78 is 5.69. The van der Waals surface area contributed by atoms with Crippen LogP contribution in [0.15, 0.2) is 51.8 Å². The molecule has 0 spiro atoms. The maximum Gasteiger partial charge on any atom is 0.226 e. The van der Waals surface area contributed by atoms with Gasteiger partial charge in [0, 0.05) is 18.2 Å². The van der Waals surface area contributed by atoms with E-state index in [-0.39, 0.29) is 0 Å². The SMILES string of the molecule is Cc1ccc(-c2nc(CN3CCC[C@H]3c3ccsc3)co2)cc1. The Labute approximate surface area is 140 Å². The van der Waals surface area contributed by atoms with E-state index in [0.29, 0.717) is 11.9 Å². The highest BCUT2D eigenvalue weighted by atomic mass is 32.1. The first-order chi connectivity index (χ1) is 11.3. The lowest BCUT2D eigenvalue weighted by Crippen LogP contribution is -2.22. The van der Waals surface area contributed by atoms with Crippen LogP contribution in [0.5, 0.6) is 0 Å². The number of aryl methyl sites for hydroxylation is 1. The van der Waals surface area contributed by atoms with E-state index in [1.165, 1.54) is 24.0 Å². The minimum atomic E-state index is 0.528. The fraction of sp³-hybridized carbons (Fsp3) is 0.316. The molecule has 23 heavy (non-hydrogen) atoms. The molecule has 2 aromatic heterocycles. The van der Waals surface area contributed by atoms with E-state index in [2.05, 4.69) is 57.9 Å². The molecule has 4 rings (SSSR count). The predicted molar refractivity (Wildman–Crippen MR) is 93.4 cm³/mol. The van der Waals surface area contributed by atoms with E-state index >= 15 is 0 Å². The Bertz CT molecular complexity index is 761. The molecule has 0 radical (unpaired) electrons. The van der Waals surface area contributed by atoms with Crippen LogP contribution in [-0.2, 0) is 6.54 Å². The maximum absolute atomic E-state index is 5.69. The van der Waals surface area contributed by atoms with Gasteiger partial charge in [0.1, 0.15) is 6.26 Å². The Morgan fingerprint density at radius 1 is 1.26 bits per heavy atom. The van der Waals surface area contributed by atoms with Crippen LogP contribution in [0, 0.1) is 6.92 Å². The summed E-state index contributed by atoms with van der Waals surface area (Å²) in [6.45, 7) is 4.08. The number of benzene rings is 1. The quantitative estimate of drug-likeness (QED) is 0.672. The molecular formula is C19H20N2OS. The van der Waals surface area contributed by atoms with Crippen molar-refractivity contribution in [2.45, 2.75) is 32.4 Å². The van der Waals surface area contributed by atoms with Crippen LogP contribution in [0.2, 0.25) is 0 Å². The van der Waals surface area contributed by atoms with Gasteiger partial charge in [0.25, 0.3) is 0 Å². The highest BCUT2D eigenvalue weighted by Gasteiger charge is 2.27. The molecule has 118 valence electrons. The van der Waals surface area contributed by atoms with Gasteiger partial charge in [-0.25, -0.2) is 4.98 Å². The number of likely N-dealkylation sites (tertiary alicyclic amines) is 1. The largest absolute Gasteiger partial charge is 0.444 e. The van der Waals surface area contributed by atoms with Crippen LogP contribution in [0.3, 0.4) is 0 Å². The first-order valence-electron chi connectivity index (χ1n) is 8.07. The van der Waals surface area contributed by atoms with Gasteiger partial charge < -0.3 is 4.42 Å². The van der Waals surface area contributed by atoms with E-state index in [4.69, 9.17) is 4.42 Å². The molecule has 1 aliphatic heterocycles. The minimum absolute atomic E-state index is 0.528. The van der Waals surface area contributed by atoms with Gasteiger partial charge in [-0.3, -0.25) is 4.90 Å². The summed E-state index contributed by atoms with van der Waals surface area (Å²) in [4.78, 5) is 7.20. The van der Waals surface area contributed by atoms with Crippen LogP contribution in [0.1, 0.15) is 35.7 Å². The molecule has 0 unspecified atom stereocenters. The van der Waals surface area contributed by atoms with Crippen molar-refractivity contribution in [2.75, 3.05) is 6.54 Å². The van der Waals surface area contributed by atoms with Crippen LogP contribution < -0.4 is 0 Å². The van der Waals surface area contributed by atoms with E-state index in [9.17, 15) is 0 Å². The summed E-state index contributed by atoms with van der Waals surface area (Å²) >= 11 is 1.78. The number of hydrogen-bond acceptors (Lipinski definition) is 4. The lowest BCUT2D eigenvalue weighted by molar-refractivity contribution is 0.246. The standard InChI is InChI=1S/C19H20N2OS/c1-14-4-6-15(7-5-14)19-20-17(12-22-19)11-21-9-2-3-18(21)16-8-10-23-13-16/h4-8,10,12-13,18H,2-3,9,11H2,1H3/t18-/m0/s1. The average Bonchev–Trinajstić information content (AvgIpc) is 3.29. The van der Waals surface area contributed by atoms with Crippen molar-refractivity contribution in [1.82, 2.24) is 9.88 Å². The summed E-state index contributed by atoms with van der Waals surface area (Å²) in [5.41, 5.74) is 4.74. The second-order valence-electron chi connectivity index (χ2n) is 6.20. The Balaban J connectivity index is 1.50. The lowest BCUT2D eigenvalue weighted by atomic mass is 10.1. The van der Waals surface area contributed by atoms with Crippen molar-refractivity contribution >= 4 is 11.3 Å². The molecule has 0 bridgehead atoms. The fourth-order valence-corrected chi connectivity index (χ4v) is 3.98. The molecule has 0 amide bonds. The van der Waals surface area contributed by atoms with Crippen molar-refractivity contribution in [3.05, 3.63) is 64.2 Å². The van der Waals surface area contributed by atoms with Crippen LogP contribution in [-0.4, -0.2) is 16.4 Å². The van der Waals surface area contributed by atoms with Gasteiger partial charge in [-0.1, -0.05) is 17.7 Å². The number of thiophene rings is 1. The summed E-state index contributed by atoms with van der Waals surface area (Å²) in [5, 5.41) is 4.43. The van der Waals surface area contributed by atoms with Crippen molar-refractivity contribution in [2.24, 2.45) is 0 Å². The molecule has 3 aromatic rings. The van der Waals surface area contributed by atoms with Crippen molar-refractivity contribution in [1.29, 1.82) is 0 Å². The second-order valence-corrected chi connectivity index (χ2v) is 6.98. The Morgan fingerprint density at radius 2 is 2.13 bits per heavy atom. The molecule has 1 fully saturated rings. The van der Waals surface area contributed by atoms with Gasteiger partial charge in [0.2, 0.25) is 5.89 Å². The van der Waals surface area contributed by atoms with Gasteiger partial charge in [0.05, 0.1) is 5.69 Å².